The normalized spacial score (nSPS) is 12.2. The third-order valence-corrected chi connectivity index (χ3v) is 5.95. The lowest BCUT2D eigenvalue weighted by Crippen LogP contribution is -2.28. The highest BCUT2D eigenvalue weighted by molar-refractivity contribution is 7.99. The predicted molar refractivity (Wildman–Crippen MR) is 95.1 cm³/mol. The molecule has 0 aliphatic carbocycles. The van der Waals surface area contributed by atoms with Crippen LogP contribution >= 0.6 is 34.4 Å². The standard InChI is InChI=1S/C14H15N5OS3/c1-9(10-4-2-6-21-10)16-12(20)8-23-14-18-17-13(19(14)15)11-5-3-7-22-11/h2-7,9H,8,15H2,1H3,(H,16,20). The zero-order valence-electron chi connectivity index (χ0n) is 12.3. The van der Waals surface area contributed by atoms with Gasteiger partial charge in [-0.2, -0.15) is 0 Å². The molecule has 1 atom stereocenters. The van der Waals surface area contributed by atoms with Crippen molar-refractivity contribution in [3.05, 3.63) is 39.9 Å². The SMILES string of the molecule is CC(NC(=O)CSc1nnc(-c2cccs2)n1N)c1cccs1. The first-order valence-electron chi connectivity index (χ1n) is 6.85. The van der Waals surface area contributed by atoms with Crippen LogP contribution in [0.2, 0.25) is 0 Å². The number of amides is 1. The number of thiophene rings is 2. The molecule has 6 nitrogen and oxygen atoms in total. The summed E-state index contributed by atoms with van der Waals surface area (Å²) in [6, 6.07) is 7.84. The van der Waals surface area contributed by atoms with Gasteiger partial charge in [0.25, 0.3) is 0 Å². The van der Waals surface area contributed by atoms with E-state index < -0.39 is 0 Å². The lowest BCUT2D eigenvalue weighted by atomic mass is 10.3. The largest absolute Gasteiger partial charge is 0.348 e. The number of nitrogens with two attached hydrogens (primary N) is 1. The van der Waals surface area contributed by atoms with E-state index in [2.05, 4.69) is 15.5 Å². The van der Waals surface area contributed by atoms with Crippen LogP contribution in [0.3, 0.4) is 0 Å². The number of nitrogen functional groups attached to an aromatic ring is 1. The first kappa shape index (κ1) is 16.0. The second-order valence-electron chi connectivity index (χ2n) is 4.75. The van der Waals surface area contributed by atoms with E-state index in [1.54, 1.807) is 22.7 Å². The first-order valence-corrected chi connectivity index (χ1v) is 9.59. The fourth-order valence-electron chi connectivity index (χ4n) is 1.97. The molecule has 120 valence electrons. The Hall–Kier alpha value is -1.84. The van der Waals surface area contributed by atoms with Crippen LogP contribution in [-0.2, 0) is 4.79 Å². The highest BCUT2D eigenvalue weighted by atomic mass is 32.2. The number of nitrogens with zero attached hydrogens (tertiary/aromatic N) is 3. The van der Waals surface area contributed by atoms with Gasteiger partial charge in [-0.05, 0) is 29.8 Å². The van der Waals surface area contributed by atoms with E-state index in [0.29, 0.717) is 11.0 Å². The van der Waals surface area contributed by atoms with Crippen LogP contribution in [0.4, 0.5) is 0 Å². The van der Waals surface area contributed by atoms with Gasteiger partial charge in [-0.25, -0.2) is 4.68 Å². The maximum absolute atomic E-state index is 12.0. The molecule has 0 aromatic carbocycles. The van der Waals surface area contributed by atoms with Gasteiger partial charge in [0.2, 0.25) is 11.1 Å². The van der Waals surface area contributed by atoms with Crippen LogP contribution in [0.5, 0.6) is 0 Å². The maximum Gasteiger partial charge on any atom is 0.230 e. The molecular formula is C14H15N5OS3. The minimum Gasteiger partial charge on any atom is -0.348 e. The first-order chi connectivity index (χ1) is 11.1. The Labute approximate surface area is 145 Å². The minimum atomic E-state index is -0.0587. The summed E-state index contributed by atoms with van der Waals surface area (Å²) in [5.41, 5.74) is 0. The van der Waals surface area contributed by atoms with Gasteiger partial charge in [0.05, 0.1) is 16.7 Å². The summed E-state index contributed by atoms with van der Waals surface area (Å²) in [4.78, 5) is 14.1. The van der Waals surface area contributed by atoms with E-state index in [9.17, 15) is 4.79 Å². The molecule has 3 N–H and O–H groups in total. The van der Waals surface area contributed by atoms with Crippen molar-refractivity contribution >= 4 is 40.3 Å². The zero-order valence-corrected chi connectivity index (χ0v) is 14.8. The third-order valence-electron chi connectivity index (χ3n) is 3.09. The van der Waals surface area contributed by atoms with Crippen molar-refractivity contribution in [1.82, 2.24) is 20.2 Å². The van der Waals surface area contributed by atoms with Crippen molar-refractivity contribution in [3.63, 3.8) is 0 Å². The molecular weight excluding hydrogens is 350 g/mol. The van der Waals surface area contributed by atoms with E-state index in [4.69, 9.17) is 5.84 Å². The van der Waals surface area contributed by atoms with Crippen LogP contribution in [0, 0.1) is 0 Å². The number of thioether (sulfide) groups is 1. The van der Waals surface area contributed by atoms with Gasteiger partial charge in [0.15, 0.2) is 5.82 Å². The molecule has 3 aromatic rings. The number of nitrogens with one attached hydrogen (secondary N) is 1. The van der Waals surface area contributed by atoms with Crippen LogP contribution in [0.15, 0.2) is 40.2 Å². The Morgan fingerprint density at radius 2 is 2.13 bits per heavy atom. The maximum atomic E-state index is 12.0. The van der Waals surface area contributed by atoms with E-state index in [1.165, 1.54) is 16.4 Å². The summed E-state index contributed by atoms with van der Waals surface area (Å²) in [7, 11) is 0. The van der Waals surface area contributed by atoms with E-state index in [1.807, 2.05) is 41.9 Å². The Morgan fingerprint density at radius 1 is 1.35 bits per heavy atom. The molecule has 3 heterocycles. The number of hydrogen-bond acceptors (Lipinski definition) is 7. The number of carbonyl (C=O) groups excluding carboxylic acids is 1. The van der Waals surface area contributed by atoms with Crippen molar-refractivity contribution < 1.29 is 4.79 Å². The van der Waals surface area contributed by atoms with Crippen molar-refractivity contribution in [2.45, 2.75) is 18.1 Å². The van der Waals surface area contributed by atoms with E-state index >= 15 is 0 Å². The summed E-state index contributed by atoms with van der Waals surface area (Å²) in [5.74, 6) is 6.80. The second kappa shape index (κ2) is 7.16. The molecule has 3 aromatic heterocycles. The Balaban J connectivity index is 1.57. The number of aromatic nitrogens is 3. The molecule has 9 heteroatoms. The van der Waals surface area contributed by atoms with Gasteiger partial charge in [-0.1, -0.05) is 23.9 Å². The topological polar surface area (TPSA) is 85.8 Å². The quantitative estimate of drug-likeness (QED) is 0.518. The molecule has 3 rings (SSSR count). The van der Waals surface area contributed by atoms with Crippen molar-refractivity contribution in [2.75, 3.05) is 11.6 Å². The fraction of sp³-hybridized carbons (Fsp3) is 0.214. The van der Waals surface area contributed by atoms with Gasteiger partial charge >= 0.3 is 0 Å². The van der Waals surface area contributed by atoms with Gasteiger partial charge in [0, 0.05) is 4.88 Å². The number of rotatable bonds is 6. The molecule has 0 aliphatic heterocycles. The fourth-order valence-corrected chi connectivity index (χ4v) is 4.08. The smallest absolute Gasteiger partial charge is 0.230 e. The van der Waals surface area contributed by atoms with E-state index in [0.717, 1.165) is 9.75 Å². The average molecular weight is 366 g/mol. The zero-order chi connectivity index (χ0) is 16.2. The monoisotopic (exact) mass is 365 g/mol. The molecule has 0 saturated carbocycles. The Morgan fingerprint density at radius 3 is 2.83 bits per heavy atom. The van der Waals surface area contributed by atoms with Gasteiger partial charge in [0.1, 0.15) is 0 Å². The molecule has 0 saturated heterocycles. The molecule has 23 heavy (non-hydrogen) atoms. The molecule has 1 amide bonds. The van der Waals surface area contributed by atoms with Crippen molar-refractivity contribution in [1.29, 1.82) is 0 Å². The Bertz CT molecular complexity index is 767. The van der Waals surface area contributed by atoms with Crippen LogP contribution in [-0.4, -0.2) is 26.5 Å². The number of carbonyl (C=O) groups is 1. The minimum absolute atomic E-state index is 0.000487. The summed E-state index contributed by atoms with van der Waals surface area (Å²) in [6.07, 6.45) is 0. The summed E-state index contributed by atoms with van der Waals surface area (Å²) in [6.45, 7) is 1.97. The molecule has 0 fully saturated rings. The highest BCUT2D eigenvalue weighted by Gasteiger charge is 2.15. The molecule has 0 aliphatic rings. The predicted octanol–water partition coefficient (Wildman–Crippen LogP) is 2.75. The Kier molecular flexibility index (Phi) is 4.99. The summed E-state index contributed by atoms with van der Waals surface area (Å²) >= 11 is 4.44. The van der Waals surface area contributed by atoms with Crippen LogP contribution < -0.4 is 11.2 Å². The van der Waals surface area contributed by atoms with Gasteiger partial charge in [-0.15, -0.1) is 32.9 Å². The lowest BCUT2D eigenvalue weighted by Gasteiger charge is -2.11. The van der Waals surface area contributed by atoms with E-state index in [-0.39, 0.29) is 17.7 Å². The molecule has 0 bridgehead atoms. The average Bonchev–Trinajstić information content (AvgIpc) is 3.27. The van der Waals surface area contributed by atoms with Crippen molar-refractivity contribution in [3.8, 4) is 10.7 Å². The molecule has 0 spiro atoms. The lowest BCUT2D eigenvalue weighted by molar-refractivity contribution is -0.119. The molecule has 1 unspecified atom stereocenters. The van der Waals surface area contributed by atoms with Crippen molar-refractivity contribution in [2.24, 2.45) is 0 Å². The highest BCUT2D eigenvalue weighted by Crippen LogP contribution is 2.25. The van der Waals surface area contributed by atoms with Crippen LogP contribution in [0.25, 0.3) is 10.7 Å². The third kappa shape index (κ3) is 3.74. The summed E-state index contributed by atoms with van der Waals surface area (Å²) < 4.78 is 1.42. The molecule has 0 radical (unpaired) electrons. The van der Waals surface area contributed by atoms with Gasteiger partial charge in [-0.3, -0.25) is 4.79 Å². The van der Waals surface area contributed by atoms with Gasteiger partial charge < -0.3 is 11.2 Å². The summed E-state index contributed by atoms with van der Waals surface area (Å²) in [5, 5.41) is 15.6. The second-order valence-corrected chi connectivity index (χ2v) is 7.62. The number of hydrogen-bond donors (Lipinski definition) is 2. The van der Waals surface area contributed by atoms with Crippen LogP contribution in [0.1, 0.15) is 17.8 Å².